The van der Waals surface area contributed by atoms with E-state index in [0.29, 0.717) is 11.7 Å². The Labute approximate surface area is 135 Å². The molecule has 0 spiro atoms. The van der Waals surface area contributed by atoms with E-state index in [1.54, 1.807) is 0 Å². The molecule has 22 heavy (non-hydrogen) atoms. The molecule has 0 bridgehead atoms. The molecule has 0 radical (unpaired) electrons. The Hall–Kier alpha value is -1.70. The lowest BCUT2D eigenvalue weighted by Gasteiger charge is -2.19. The quantitative estimate of drug-likeness (QED) is 0.385. The molecule has 1 heterocycles. The molecule has 2 rings (SSSR count). The van der Waals surface area contributed by atoms with Crippen molar-refractivity contribution in [1.82, 2.24) is 21.1 Å². The largest absolute Gasteiger partial charge is 0.362 e. The third-order valence-corrected chi connectivity index (χ3v) is 4.39. The Morgan fingerprint density at radius 3 is 2.32 bits per heavy atom. The number of carbonyl (C=O) groups excluding carboxylic acids is 3. The molecule has 7 nitrogen and oxygen atoms in total. The highest BCUT2D eigenvalue weighted by Crippen LogP contribution is 2.37. The number of rotatable bonds is 4. The SMILES string of the molecule is CCNC(=S)NNC(=O)CCN1C(=O)[C@@H]2CCCC[C@H]2C1=O. The van der Waals surface area contributed by atoms with Gasteiger partial charge in [-0.25, -0.2) is 0 Å². The molecule has 8 heteroatoms. The zero-order chi connectivity index (χ0) is 16.1. The topological polar surface area (TPSA) is 90.5 Å². The van der Waals surface area contributed by atoms with Gasteiger partial charge in [0.1, 0.15) is 0 Å². The van der Waals surface area contributed by atoms with E-state index in [2.05, 4.69) is 16.2 Å². The van der Waals surface area contributed by atoms with Crippen LogP contribution in [-0.4, -0.2) is 40.8 Å². The first-order chi connectivity index (χ1) is 10.5. The van der Waals surface area contributed by atoms with Crippen LogP contribution in [0.15, 0.2) is 0 Å². The summed E-state index contributed by atoms with van der Waals surface area (Å²) in [7, 11) is 0. The van der Waals surface area contributed by atoms with Gasteiger partial charge >= 0.3 is 0 Å². The van der Waals surface area contributed by atoms with E-state index in [-0.39, 0.29) is 42.5 Å². The summed E-state index contributed by atoms with van der Waals surface area (Å²) in [5, 5.41) is 3.16. The predicted molar refractivity (Wildman–Crippen MR) is 84.3 cm³/mol. The highest BCUT2D eigenvalue weighted by molar-refractivity contribution is 7.80. The first kappa shape index (κ1) is 16.7. The second-order valence-corrected chi connectivity index (χ2v) is 6.02. The molecule has 0 aromatic rings. The van der Waals surface area contributed by atoms with Crippen LogP contribution in [0.1, 0.15) is 39.0 Å². The first-order valence-electron chi connectivity index (χ1n) is 7.72. The fraction of sp³-hybridized carbons (Fsp3) is 0.714. The number of carbonyl (C=O) groups is 3. The number of nitrogens with zero attached hydrogens (tertiary/aromatic N) is 1. The Bertz CT molecular complexity index is 459. The molecule has 2 aliphatic rings. The highest BCUT2D eigenvalue weighted by Gasteiger charge is 2.47. The van der Waals surface area contributed by atoms with Crippen LogP contribution in [0.25, 0.3) is 0 Å². The molecule has 3 N–H and O–H groups in total. The predicted octanol–water partition coefficient (Wildman–Crippen LogP) is 0.0669. The number of amides is 3. The van der Waals surface area contributed by atoms with Crippen LogP contribution in [0.2, 0.25) is 0 Å². The summed E-state index contributed by atoms with van der Waals surface area (Å²) in [4.78, 5) is 37.5. The molecule has 1 saturated heterocycles. The van der Waals surface area contributed by atoms with Gasteiger partial charge in [0.25, 0.3) is 0 Å². The standard InChI is InChI=1S/C14H22N4O3S/c1-2-15-14(22)17-16-11(19)7-8-18-12(20)9-5-3-4-6-10(9)13(18)21/h9-10H,2-8H2,1H3,(H,16,19)(H2,15,17,22)/t9-,10-/m1/s1. The average molecular weight is 326 g/mol. The maximum atomic E-state index is 12.2. The van der Waals surface area contributed by atoms with E-state index >= 15 is 0 Å². The number of hydrogen-bond acceptors (Lipinski definition) is 4. The van der Waals surface area contributed by atoms with Crippen LogP contribution >= 0.6 is 12.2 Å². The van der Waals surface area contributed by atoms with Crippen molar-refractivity contribution in [2.24, 2.45) is 11.8 Å². The normalized spacial score (nSPS) is 24.0. The van der Waals surface area contributed by atoms with Crippen molar-refractivity contribution in [3.05, 3.63) is 0 Å². The van der Waals surface area contributed by atoms with Gasteiger partial charge in [-0.1, -0.05) is 12.8 Å². The zero-order valence-corrected chi connectivity index (χ0v) is 13.5. The van der Waals surface area contributed by atoms with Crippen LogP contribution < -0.4 is 16.2 Å². The number of thiocarbonyl (C=S) groups is 1. The molecule has 1 aliphatic carbocycles. The first-order valence-corrected chi connectivity index (χ1v) is 8.13. The minimum atomic E-state index is -0.310. The van der Waals surface area contributed by atoms with Crippen molar-refractivity contribution < 1.29 is 14.4 Å². The number of imide groups is 1. The lowest BCUT2D eigenvalue weighted by Crippen LogP contribution is -2.47. The Morgan fingerprint density at radius 1 is 1.18 bits per heavy atom. The maximum Gasteiger partial charge on any atom is 0.240 e. The van der Waals surface area contributed by atoms with Crippen molar-refractivity contribution in [2.75, 3.05) is 13.1 Å². The summed E-state index contributed by atoms with van der Waals surface area (Å²) in [6.07, 6.45) is 3.65. The molecule has 2 fully saturated rings. The summed E-state index contributed by atoms with van der Waals surface area (Å²) in [5.41, 5.74) is 5.01. The Balaban J connectivity index is 1.79. The minimum absolute atomic E-state index is 0.0681. The van der Waals surface area contributed by atoms with E-state index < -0.39 is 0 Å². The van der Waals surface area contributed by atoms with E-state index in [1.165, 1.54) is 4.90 Å². The van der Waals surface area contributed by atoms with Gasteiger partial charge in [0.15, 0.2) is 5.11 Å². The van der Waals surface area contributed by atoms with Crippen LogP contribution in [0.4, 0.5) is 0 Å². The number of hydrogen-bond donors (Lipinski definition) is 3. The second kappa shape index (κ2) is 7.53. The summed E-state index contributed by atoms with van der Waals surface area (Å²) < 4.78 is 0. The van der Waals surface area contributed by atoms with Crippen LogP contribution in [-0.2, 0) is 14.4 Å². The summed E-state index contributed by atoms with van der Waals surface area (Å²) in [6.45, 7) is 2.67. The molecule has 1 saturated carbocycles. The minimum Gasteiger partial charge on any atom is -0.362 e. The van der Waals surface area contributed by atoms with Crippen molar-refractivity contribution in [1.29, 1.82) is 0 Å². The molecule has 0 aromatic carbocycles. The Kier molecular flexibility index (Phi) is 5.70. The van der Waals surface area contributed by atoms with Crippen molar-refractivity contribution >= 4 is 35.1 Å². The van der Waals surface area contributed by atoms with Gasteiger partial charge in [-0.05, 0) is 32.0 Å². The molecule has 1 aliphatic heterocycles. The zero-order valence-electron chi connectivity index (χ0n) is 12.7. The molecule has 2 atom stereocenters. The maximum absolute atomic E-state index is 12.2. The summed E-state index contributed by atoms with van der Waals surface area (Å²) in [6, 6.07) is 0. The third-order valence-electron chi connectivity index (χ3n) is 4.15. The number of fused-ring (bicyclic) bond motifs is 1. The van der Waals surface area contributed by atoms with Gasteiger partial charge in [-0.3, -0.25) is 30.1 Å². The smallest absolute Gasteiger partial charge is 0.240 e. The van der Waals surface area contributed by atoms with Crippen molar-refractivity contribution in [2.45, 2.75) is 39.0 Å². The summed E-state index contributed by atoms with van der Waals surface area (Å²) in [5.74, 6) is -0.861. The van der Waals surface area contributed by atoms with Crippen LogP contribution in [0.5, 0.6) is 0 Å². The van der Waals surface area contributed by atoms with Gasteiger partial charge in [0.2, 0.25) is 17.7 Å². The fourth-order valence-electron chi connectivity index (χ4n) is 3.06. The van der Waals surface area contributed by atoms with E-state index in [9.17, 15) is 14.4 Å². The molecule has 0 aromatic heterocycles. The highest BCUT2D eigenvalue weighted by atomic mass is 32.1. The van der Waals surface area contributed by atoms with Crippen molar-refractivity contribution in [3.8, 4) is 0 Å². The number of likely N-dealkylation sites (tertiary alicyclic amines) is 1. The van der Waals surface area contributed by atoms with Gasteiger partial charge < -0.3 is 5.32 Å². The second-order valence-electron chi connectivity index (χ2n) is 5.61. The fourth-order valence-corrected chi connectivity index (χ4v) is 3.25. The Morgan fingerprint density at radius 2 is 1.77 bits per heavy atom. The van der Waals surface area contributed by atoms with Gasteiger partial charge in [0.05, 0.1) is 11.8 Å². The number of nitrogens with one attached hydrogen (secondary N) is 3. The monoisotopic (exact) mass is 326 g/mol. The van der Waals surface area contributed by atoms with Gasteiger partial charge in [0, 0.05) is 19.5 Å². The third kappa shape index (κ3) is 3.73. The van der Waals surface area contributed by atoms with E-state index in [4.69, 9.17) is 12.2 Å². The van der Waals surface area contributed by atoms with Crippen LogP contribution in [0.3, 0.4) is 0 Å². The number of hydrazine groups is 1. The van der Waals surface area contributed by atoms with Gasteiger partial charge in [-0.15, -0.1) is 0 Å². The summed E-state index contributed by atoms with van der Waals surface area (Å²) >= 11 is 4.91. The lowest BCUT2D eigenvalue weighted by molar-refractivity contribution is -0.140. The van der Waals surface area contributed by atoms with Crippen LogP contribution in [0, 0.1) is 11.8 Å². The molecule has 122 valence electrons. The molecule has 0 unspecified atom stereocenters. The van der Waals surface area contributed by atoms with Gasteiger partial charge in [-0.2, -0.15) is 0 Å². The van der Waals surface area contributed by atoms with E-state index in [1.807, 2.05) is 6.92 Å². The van der Waals surface area contributed by atoms with Crippen molar-refractivity contribution in [3.63, 3.8) is 0 Å². The lowest BCUT2D eigenvalue weighted by atomic mass is 9.81. The molecular formula is C14H22N4O3S. The van der Waals surface area contributed by atoms with E-state index in [0.717, 1.165) is 25.7 Å². The molecule has 3 amide bonds. The average Bonchev–Trinajstić information content (AvgIpc) is 2.76. The molecular weight excluding hydrogens is 304 g/mol.